The maximum absolute atomic E-state index is 12.5. The van der Waals surface area contributed by atoms with Gasteiger partial charge >= 0.3 is 0 Å². The molecule has 3 rings (SSSR count). The fourth-order valence-corrected chi connectivity index (χ4v) is 2.97. The number of pyridine rings is 1. The van der Waals surface area contributed by atoms with Gasteiger partial charge in [-0.05, 0) is 26.7 Å². The lowest BCUT2D eigenvalue weighted by atomic mass is 10.0. The number of aromatic nitrogens is 3. The number of carbonyl (C=O) groups is 1. The highest BCUT2D eigenvalue weighted by Gasteiger charge is 2.14. The second kappa shape index (κ2) is 9.27. The van der Waals surface area contributed by atoms with Crippen LogP contribution in [-0.2, 0) is 0 Å². The summed E-state index contributed by atoms with van der Waals surface area (Å²) in [6.07, 6.45) is 9.24. The Kier molecular flexibility index (Phi) is 6.54. The standard InChI is InChI=1S/C19H22N4O3S/c1-13(2)26-17-11-15(18(24)22-19-23-20-12-27-19)10-16(21-17)25-9-8-14-6-4-3-5-7-14/h3-4,6,10-13H,5,7-9H2,1-2H3,(H,22,23,24). The summed E-state index contributed by atoms with van der Waals surface area (Å²) in [7, 11) is 0. The van der Waals surface area contributed by atoms with Gasteiger partial charge in [0.2, 0.25) is 16.9 Å². The van der Waals surface area contributed by atoms with Crippen LogP contribution in [0.3, 0.4) is 0 Å². The summed E-state index contributed by atoms with van der Waals surface area (Å²) in [6.45, 7) is 4.30. The molecule has 0 unspecified atom stereocenters. The van der Waals surface area contributed by atoms with E-state index in [0.717, 1.165) is 19.3 Å². The Labute approximate surface area is 162 Å². The van der Waals surface area contributed by atoms with E-state index in [4.69, 9.17) is 9.47 Å². The molecule has 0 aromatic carbocycles. The molecule has 0 bridgehead atoms. The van der Waals surface area contributed by atoms with Crippen LogP contribution in [0.2, 0.25) is 0 Å². The normalized spacial score (nSPS) is 13.4. The number of nitrogens with one attached hydrogen (secondary N) is 1. The average molecular weight is 386 g/mol. The molecule has 0 atom stereocenters. The van der Waals surface area contributed by atoms with Gasteiger partial charge < -0.3 is 9.47 Å². The summed E-state index contributed by atoms with van der Waals surface area (Å²) < 4.78 is 11.5. The lowest BCUT2D eigenvalue weighted by Crippen LogP contribution is -2.14. The zero-order valence-corrected chi connectivity index (χ0v) is 16.2. The molecule has 0 saturated carbocycles. The molecule has 7 nitrogen and oxygen atoms in total. The molecule has 142 valence electrons. The molecule has 1 aliphatic rings. The third kappa shape index (κ3) is 5.89. The first-order chi connectivity index (χ1) is 13.1. The lowest BCUT2D eigenvalue weighted by molar-refractivity contribution is 0.102. The van der Waals surface area contributed by atoms with E-state index in [-0.39, 0.29) is 12.0 Å². The molecule has 0 aliphatic heterocycles. The second-order valence-electron chi connectivity index (χ2n) is 6.29. The number of anilines is 1. The highest BCUT2D eigenvalue weighted by Crippen LogP contribution is 2.22. The number of hydrogen-bond acceptors (Lipinski definition) is 7. The van der Waals surface area contributed by atoms with Crippen LogP contribution in [0, 0.1) is 0 Å². The Morgan fingerprint density at radius 1 is 1.33 bits per heavy atom. The third-order valence-electron chi connectivity index (χ3n) is 3.75. The molecule has 0 fully saturated rings. The van der Waals surface area contributed by atoms with Gasteiger partial charge in [0.25, 0.3) is 5.91 Å². The van der Waals surface area contributed by atoms with Crippen LogP contribution in [0.1, 0.15) is 43.5 Å². The van der Waals surface area contributed by atoms with Crippen LogP contribution in [0.25, 0.3) is 0 Å². The topological polar surface area (TPSA) is 86.2 Å². The van der Waals surface area contributed by atoms with Gasteiger partial charge in [-0.1, -0.05) is 35.1 Å². The van der Waals surface area contributed by atoms with Gasteiger partial charge in [-0.3, -0.25) is 10.1 Å². The van der Waals surface area contributed by atoms with E-state index in [1.807, 2.05) is 13.8 Å². The minimum Gasteiger partial charge on any atom is -0.477 e. The van der Waals surface area contributed by atoms with Crippen molar-refractivity contribution in [2.75, 3.05) is 11.9 Å². The molecular formula is C19H22N4O3S. The van der Waals surface area contributed by atoms with Gasteiger partial charge in [0.15, 0.2) is 0 Å². The predicted molar refractivity (Wildman–Crippen MR) is 104 cm³/mol. The number of allylic oxidation sites excluding steroid dienone is 3. The van der Waals surface area contributed by atoms with E-state index in [1.54, 1.807) is 17.6 Å². The average Bonchev–Trinajstić information content (AvgIpc) is 3.15. The number of carbonyl (C=O) groups excluding carboxylic acids is 1. The molecular weight excluding hydrogens is 364 g/mol. The molecule has 0 radical (unpaired) electrons. The Bertz CT molecular complexity index is 831. The van der Waals surface area contributed by atoms with Crippen LogP contribution < -0.4 is 14.8 Å². The van der Waals surface area contributed by atoms with Gasteiger partial charge in [-0.15, -0.1) is 10.2 Å². The van der Waals surface area contributed by atoms with Crippen LogP contribution in [0.5, 0.6) is 11.8 Å². The maximum Gasteiger partial charge on any atom is 0.257 e. The molecule has 2 heterocycles. The Hall–Kier alpha value is -2.74. The zero-order chi connectivity index (χ0) is 19.1. The monoisotopic (exact) mass is 386 g/mol. The molecule has 8 heteroatoms. The summed E-state index contributed by atoms with van der Waals surface area (Å²) in [4.78, 5) is 16.8. The number of ether oxygens (including phenoxy) is 2. The highest BCUT2D eigenvalue weighted by atomic mass is 32.1. The van der Waals surface area contributed by atoms with E-state index >= 15 is 0 Å². The summed E-state index contributed by atoms with van der Waals surface area (Å²) in [5.74, 6) is 0.403. The van der Waals surface area contributed by atoms with Crippen molar-refractivity contribution in [1.82, 2.24) is 15.2 Å². The van der Waals surface area contributed by atoms with Crippen molar-refractivity contribution in [2.24, 2.45) is 0 Å². The molecule has 1 N–H and O–H groups in total. The van der Waals surface area contributed by atoms with Gasteiger partial charge in [0.1, 0.15) is 5.51 Å². The number of nitrogens with zero attached hydrogens (tertiary/aromatic N) is 3. The van der Waals surface area contributed by atoms with Crippen LogP contribution in [0.15, 0.2) is 41.4 Å². The first kappa shape index (κ1) is 19.0. The second-order valence-corrected chi connectivity index (χ2v) is 7.12. The van der Waals surface area contributed by atoms with Crippen molar-refractivity contribution in [1.29, 1.82) is 0 Å². The van der Waals surface area contributed by atoms with Crippen LogP contribution >= 0.6 is 11.3 Å². The molecule has 0 saturated heterocycles. The predicted octanol–water partition coefficient (Wildman–Crippen LogP) is 4.02. The van der Waals surface area contributed by atoms with Crippen molar-refractivity contribution < 1.29 is 14.3 Å². The largest absolute Gasteiger partial charge is 0.477 e. The quantitative estimate of drug-likeness (QED) is 0.737. The van der Waals surface area contributed by atoms with Crippen molar-refractivity contribution in [3.63, 3.8) is 0 Å². The van der Waals surface area contributed by atoms with Gasteiger partial charge in [-0.25, -0.2) is 0 Å². The fraction of sp³-hybridized carbons (Fsp3) is 0.368. The van der Waals surface area contributed by atoms with Crippen molar-refractivity contribution in [2.45, 2.75) is 39.2 Å². The van der Waals surface area contributed by atoms with E-state index in [0.29, 0.717) is 29.1 Å². The van der Waals surface area contributed by atoms with E-state index in [2.05, 4.69) is 38.7 Å². The summed E-state index contributed by atoms with van der Waals surface area (Å²) in [5, 5.41) is 10.7. The minimum absolute atomic E-state index is 0.0639. The highest BCUT2D eigenvalue weighted by molar-refractivity contribution is 7.13. The summed E-state index contributed by atoms with van der Waals surface area (Å²) >= 11 is 1.25. The summed E-state index contributed by atoms with van der Waals surface area (Å²) in [5.41, 5.74) is 3.30. The SMILES string of the molecule is CC(C)Oc1cc(C(=O)Nc2nncs2)cc(OCCC2=CC=CCC2)n1. The van der Waals surface area contributed by atoms with Gasteiger partial charge in [0, 0.05) is 18.6 Å². The lowest BCUT2D eigenvalue weighted by Gasteiger charge is -2.13. The molecule has 27 heavy (non-hydrogen) atoms. The number of rotatable bonds is 8. The van der Waals surface area contributed by atoms with Gasteiger partial charge in [0.05, 0.1) is 18.3 Å². The van der Waals surface area contributed by atoms with Crippen molar-refractivity contribution >= 4 is 22.4 Å². The molecule has 1 amide bonds. The third-order valence-corrected chi connectivity index (χ3v) is 4.36. The molecule has 2 aromatic rings. The molecule has 1 aliphatic carbocycles. The van der Waals surface area contributed by atoms with Crippen molar-refractivity contribution in [3.05, 3.63) is 47.0 Å². The van der Waals surface area contributed by atoms with E-state index in [9.17, 15) is 4.79 Å². The van der Waals surface area contributed by atoms with Crippen LogP contribution in [0.4, 0.5) is 5.13 Å². The van der Waals surface area contributed by atoms with Gasteiger partial charge in [-0.2, -0.15) is 4.98 Å². The Balaban J connectivity index is 1.70. The maximum atomic E-state index is 12.5. The van der Waals surface area contributed by atoms with Crippen molar-refractivity contribution in [3.8, 4) is 11.8 Å². The number of amides is 1. The zero-order valence-electron chi connectivity index (χ0n) is 15.3. The molecule has 2 aromatic heterocycles. The van der Waals surface area contributed by atoms with E-state index in [1.165, 1.54) is 16.9 Å². The smallest absolute Gasteiger partial charge is 0.257 e. The number of hydrogen-bond donors (Lipinski definition) is 1. The Morgan fingerprint density at radius 2 is 2.19 bits per heavy atom. The Morgan fingerprint density at radius 3 is 2.89 bits per heavy atom. The summed E-state index contributed by atoms with van der Waals surface area (Å²) in [6, 6.07) is 3.20. The first-order valence-corrected chi connectivity index (χ1v) is 9.72. The minimum atomic E-state index is -0.312. The fourth-order valence-electron chi connectivity index (χ4n) is 2.53. The van der Waals surface area contributed by atoms with E-state index < -0.39 is 0 Å². The van der Waals surface area contributed by atoms with Crippen LogP contribution in [-0.4, -0.2) is 33.8 Å². The first-order valence-electron chi connectivity index (χ1n) is 8.84. The molecule has 0 spiro atoms.